The maximum absolute atomic E-state index is 12.2. The highest BCUT2D eigenvalue weighted by atomic mass is 32.2. The van der Waals surface area contributed by atoms with Crippen molar-refractivity contribution in [3.05, 3.63) is 67.0 Å². The first-order valence-electron chi connectivity index (χ1n) is 8.42. The lowest BCUT2D eigenvalue weighted by molar-refractivity contribution is -0.119. The Hall–Kier alpha value is -3.13. The molecule has 3 aromatic heterocycles. The van der Waals surface area contributed by atoms with E-state index in [1.54, 1.807) is 23.2 Å². The average molecular weight is 379 g/mol. The number of furan rings is 1. The van der Waals surface area contributed by atoms with Crippen LogP contribution in [0.5, 0.6) is 0 Å². The lowest BCUT2D eigenvalue weighted by Gasteiger charge is -2.11. The predicted octanol–water partition coefficient (Wildman–Crippen LogP) is 3.38. The number of nitrogens with zero attached hydrogens (tertiary/aromatic N) is 4. The first kappa shape index (κ1) is 17.3. The maximum Gasteiger partial charge on any atom is 0.230 e. The van der Waals surface area contributed by atoms with Gasteiger partial charge in [-0.3, -0.25) is 4.79 Å². The first-order valence-corrected chi connectivity index (χ1v) is 9.40. The molecule has 1 amide bonds. The van der Waals surface area contributed by atoms with Crippen molar-refractivity contribution >= 4 is 28.7 Å². The van der Waals surface area contributed by atoms with E-state index in [9.17, 15) is 4.79 Å². The van der Waals surface area contributed by atoms with Crippen LogP contribution >= 0.6 is 11.8 Å². The summed E-state index contributed by atoms with van der Waals surface area (Å²) in [4.78, 5) is 20.9. The van der Waals surface area contributed by atoms with Gasteiger partial charge in [-0.15, -0.1) is 0 Å². The summed E-state index contributed by atoms with van der Waals surface area (Å²) in [5, 5.41) is 8.88. The third-order valence-corrected chi connectivity index (χ3v) is 5.02. The van der Waals surface area contributed by atoms with Crippen LogP contribution in [0.2, 0.25) is 0 Å². The van der Waals surface area contributed by atoms with E-state index in [4.69, 9.17) is 4.42 Å². The van der Waals surface area contributed by atoms with Gasteiger partial charge in [-0.2, -0.15) is 5.10 Å². The van der Waals surface area contributed by atoms with Crippen LogP contribution in [-0.4, -0.2) is 31.4 Å². The van der Waals surface area contributed by atoms with Gasteiger partial charge in [0, 0.05) is 0 Å². The number of hydrogen-bond donors (Lipinski definition) is 1. The van der Waals surface area contributed by atoms with Crippen molar-refractivity contribution in [2.45, 2.75) is 18.0 Å². The lowest BCUT2D eigenvalue weighted by atomic mass is 10.2. The van der Waals surface area contributed by atoms with Gasteiger partial charge in [-0.05, 0) is 31.2 Å². The summed E-state index contributed by atoms with van der Waals surface area (Å²) in [6.07, 6.45) is 4.82. The molecule has 4 rings (SSSR count). The molecule has 0 unspecified atom stereocenters. The number of carbonyl (C=O) groups is 1. The summed E-state index contributed by atoms with van der Waals surface area (Å²) >= 11 is 1.36. The molecule has 0 bridgehead atoms. The summed E-state index contributed by atoms with van der Waals surface area (Å²) < 4.78 is 7.07. The number of amides is 1. The molecular formula is C19H17N5O2S. The number of rotatable bonds is 6. The highest BCUT2D eigenvalue weighted by molar-refractivity contribution is 8.00. The van der Waals surface area contributed by atoms with Gasteiger partial charge in [-0.25, -0.2) is 14.6 Å². The smallest absolute Gasteiger partial charge is 0.230 e. The molecule has 0 aliphatic rings. The fourth-order valence-corrected chi connectivity index (χ4v) is 3.49. The highest BCUT2D eigenvalue weighted by Crippen LogP contribution is 2.25. The molecule has 0 fully saturated rings. The second-order valence-corrected chi connectivity index (χ2v) is 6.87. The molecule has 0 radical (unpaired) electrons. The molecule has 3 heterocycles. The van der Waals surface area contributed by atoms with E-state index < -0.39 is 0 Å². The fourth-order valence-electron chi connectivity index (χ4n) is 2.72. The molecule has 136 valence electrons. The maximum atomic E-state index is 12.2. The Morgan fingerprint density at radius 2 is 2.07 bits per heavy atom. The van der Waals surface area contributed by atoms with E-state index in [1.807, 2.05) is 43.3 Å². The lowest BCUT2D eigenvalue weighted by Crippen LogP contribution is -2.27. The van der Waals surface area contributed by atoms with E-state index in [-0.39, 0.29) is 17.7 Å². The normalized spacial score (nSPS) is 12.2. The first-order chi connectivity index (χ1) is 13.2. The number of para-hydroxylation sites is 1. The van der Waals surface area contributed by atoms with Crippen LogP contribution in [0.15, 0.2) is 70.7 Å². The van der Waals surface area contributed by atoms with Gasteiger partial charge in [0.05, 0.1) is 35.3 Å². The van der Waals surface area contributed by atoms with Gasteiger partial charge >= 0.3 is 0 Å². The van der Waals surface area contributed by atoms with Crippen LogP contribution in [-0.2, 0) is 4.79 Å². The van der Waals surface area contributed by atoms with Crippen LogP contribution in [0.25, 0.3) is 16.7 Å². The molecule has 1 atom stereocenters. The van der Waals surface area contributed by atoms with E-state index in [0.717, 1.165) is 21.9 Å². The van der Waals surface area contributed by atoms with Gasteiger partial charge in [0.2, 0.25) is 5.91 Å². The molecule has 4 aromatic rings. The quantitative estimate of drug-likeness (QED) is 0.408. The Bertz CT molecular complexity index is 1050. The molecule has 27 heavy (non-hydrogen) atoms. The third kappa shape index (κ3) is 3.70. The zero-order chi connectivity index (χ0) is 18.6. The van der Waals surface area contributed by atoms with E-state index >= 15 is 0 Å². The zero-order valence-electron chi connectivity index (χ0n) is 14.6. The minimum Gasteiger partial charge on any atom is -0.467 e. The monoisotopic (exact) mass is 379 g/mol. The highest BCUT2D eigenvalue weighted by Gasteiger charge is 2.15. The summed E-state index contributed by atoms with van der Waals surface area (Å²) in [5.74, 6) is 0.876. The number of thioether (sulfide) groups is 1. The third-order valence-electron chi connectivity index (χ3n) is 4.02. The number of carbonyl (C=O) groups excluding carboxylic acids is 1. The van der Waals surface area contributed by atoms with Crippen LogP contribution in [0.1, 0.15) is 18.7 Å². The Morgan fingerprint density at radius 3 is 2.85 bits per heavy atom. The van der Waals surface area contributed by atoms with Gasteiger partial charge < -0.3 is 9.73 Å². The van der Waals surface area contributed by atoms with Crippen LogP contribution < -0.4 is 5.32 Å². The Balaban J connectivity index is 1.48. The fraction of sp³-hybridized carbons (Fsp3) is 0.158. The molecule has 1 N–H and O–H groups in total. The molecule has 0 spiro atoms. The molecule has 7 nitrogen and oxygen atoms in total. The standard InChI is InChI=1S/C19H17N5O2S/c1-13(16-8-5-9-26-16)23-17(25)11-27-19-15-10-22-24(18(15)20-12-21-19)14-6-3-2-4-7-14/h2-10,12-13H,11H2,1H3,(H,23,25)/t13-/m1/s1. The van der Waals surface area contributed by atoms with Gasteiger partial charge in [0.1, 0.15) is 17.1 Å². The minimum atomic E-state index is -0.181. The molecule has 0 aliphatic heterocycles. The molecular weight excluding hydrogens is 362 g/mol. The van der Waals surface area contributed by atoms with Crippen LogP contribution in [0.4, 0.5) is 0 Å². The number of fused-ring (bicyclic) bond motifs is 1. The van der Waals surface area contributed by atoms with Crippen molar-refractivity contribution in [2.24, 2.45) is 0 Å². The number of benzene rings is 1. The molecule has 0 saturated carbocycles. The predicted molar refractivity (Wildman–Crippen MR) is 103 cm³/mol. The largest absolute Gasteiger partial charge is 0.467 e. The van der Waals surface area contributed by atoms with Crippen molar-refractivity contribution in [3.63, 3.8) is 0 Å². The van der Waals surface area contributed by atoms with E-state index in [0.29, 0.717) is 5.65 Å². The van der Waals surface area contributed by atoms with Crippen molar-refractivity contribution in [1.29, 1.82) is 0 Å². The van der Waals surface area contributed by atoms with Crippen LogP contribution in [0.3, 0.4) is 0 Å². The van der Waals surface area contributed by atoms with E-state index in [2.05, 4.69) is 20.4 Å². The summed E-state index contributed by atoms with van der Waals surface area (Å²) in [6, 6.07) is 13.2. The summed E-state index contributed by atoms with van der Waals surface area (Å²) in [5.41, 5.74) is 1.63. The molecule has 8 heteroatoms. The van der Waals surface area contributed by atoms with Gasteiger partial charge in [0.25, 0.3) is 0 Å². The molecule has 0 saturated heterocycles. The van der Waals surface area contributed by atoms with Crippen molar-refractivity contribution < 1.29 is 9.21 Å². The molecule has 1 aromatic carbocycles. The molecule has 0 aliphatic carbocycles. The Morgan fingerprint density at radius 1 is 1.22 bits per heavy atom. The van der Waals surface area contributed by atoms with Crippen LogP contribution in [0, 0.1) is 0 Å². The van der Waals surface area contributed by atoms with Crippen molar-refractivity contribution in [1.82, 2.24) is 25.1 Å². The Labute approximate surface area is 159 Å². The minimum absolute atomic E-state index is 0.0916. The second-order valence-electron chi connectivity index (χ2n) is 5.90. The number of aromatic nitrogens is 4. The average Bonchev–Trinajstić information content (AvgIpc) is 3.37. The SMILES string of the molecule is C[C@@H](NC(=O)CSc1ncnc2c1cnn2-c1ccccc1)c1ccco1. The Kier molecular flexibility index (Phi) is 4.88. The second kappa shape index (κ2) is 7.63. The van der Waals surface area contributed by atoms with Crippen molar-refractivity contribution in [3.8, 4) is 5.69 Å². The van der Waals surface area contributed by atoms with Crippen molar-refractivity contribution in [2.75, 3.05) is 5.75 Å². The topological polar surface area (TPSA) is 85.8 Å². The zero-order valence-corrected chi connectivity index (χ0v) is 15.4. The summed E-state index contributed by atoms with van der Waals surface area (Å²) in [7, 11) is 0. The van der Waals surface area contributed by atoms with Gasteiger partial charge in [-0.1, -0.05) is 30.0 Å². The number of hydrogen-bond acceptors (Lipinski definition) is 6. The summed E-state index contributed by atoms with van der Waals surface area (Å²) in [6.45, 7) is 1.88. The van der Waals surface area contributed by atoms with Gasteiger partial charge in [0.15, 0.2) is 5.65 Å². The van der Waals surface area contributed by atoms with E-state index in [1.165, 1.54) is 18.1 Å². The number of nitrogens with one attached hydrogen (secondary N) is 1.